The van der Waals surface area contributed by atoms with Crippen molar-refractivity contribution in [2.24, 2.45) is 0 Å². The molecule has 1 atom stereocenters. The molecule has 1 aromatic rings. The summed E-state index contributed by atoms with van der Waals surface area (Å²) in [7, 11) is 0. The average Bonchev–Trinajstić information content (AvgIpc) is 3.13. The van der Waals surface area contributed by atoms with E-state index < -0.39 is 0 Å². The summed E-state index contributed by atoms with van der Waals surface area (Å²) in [5.41, 5.74) is 0. The first kappa shape index (κ1) is 14.2. The maximum Gasteiger partial charge on any atom is 0.139 e. The minimum absolute atomic E-state index is 0.192. The molecule has 0 saturated heterocycles. The van der Waals surface area contributed by atoms with Crippen LogP contribution in [0.15, 0.2) is 22.7 Å². The summed E-state index contributed by atoms with van der Waals surface area (Å²) in [6.07, 6.45) is 5.07. The Morgan fingerprint density at radius 1 is 1.50 bits per heavy atom. The standard InChI is InChI=1S/C14H19BrClNO/c1-10(3-2-8-17-12-5-6-12)18-14-9-11(15)4-7-13(14)16/h4,7,9-10,12,17H,2-3,5-6,8H2,1H3. The van der Waals surface area contributed by atoms with Gasteiger partial charge in [0.15, 0.2) is 0 Å². The van der Waals surface area contributed by atoms with Gasteiger partial charge in [-0.15, -0.1) is 0 Å². The molecular weight excluding hydrogens is 314 g/mol. The first-order valence-corrected chi connectivity index (χ1v) is 7.67. The third kappa shape index (κ3) is 4.79. The van der Waals surface area contributed by atoms with E-state index in [0.29, 0.717) is 5.02 Å². The van der Waals surface area contributed by atoms with Gasteiger partial charge >= 0.3 is 0 Å². The van der Waals surface area contributed by atoms with Crippen molar-refractivity contribution >= 4 is 27.5 Å². The SMILES string of the molecule is CC(CCCNC1CC1)Oc1cc(Br)ccc1Cl. The van der Waals surface area contributed by atoms with Crippen molar-refractivity contribution in [3.8, 4) is 5.75 Å². The van der Waals surface area contributed by atoms with E-state index in [2.05, 4.69) is 28.2 Å². The van der Waals surface area contributed by atoms with E-state index in [4.69, 9.17) is 16.3 Å². The Kier molecular flexibility index (Phi) is 5.34. The van der Waals surface area contributed by atoms with Gasteiger partial charge in [-0.1, -0.05) is 27.5 Å². The van der Waals surface area contributed by atoms with Crippen LogP contribution in [0.5, 0.6) is 5.75 Å². The zero-order valence-corrected chi connectivity index (χ0v) is 12.9. The average molecular weight is 333 g/mol. The molecule has 1 saturated carbocycles. The molecule has 0 aromatic heterocycles. The molecule has 100 valence electrons. The van der Waals surface area contributed by atoms with Crippen molar-refractivity contribution in [2.45, 2.75) is 44.8 Å². The minimum Gasteiger partial charge on any atom is -0.489 e. The van der Waals surface area contributed by atoms with Crippen LogP contribution >= 0.6 is 27.5 Å². The van der Waals surface area contributed by atoms with Crippen molar-refractivity contribution in [3.63, 3.8) is 0 Å². The fourth-order valence-corrected chi connectivity index (χ4v) is 2.33. The summed E-state index contributed by atoms with van der Waals surface area (Å²) in [6, 6.07) is 6.48. The van der Waals surface area contributed by atoms with Crippen LogP contribution in [0, 0.1) is 0 Å². The Balaban J connectivity index is 1.71. The third-order valence-electron chi connectivity index (χ3n) is 3.02. The zero-order chi connectivity index (χ0) is 13.0. The molecule has 1 fully saturated rings. The highest BCUT2D eigenvalue weighted by atomic mass is 79.9. The fraction of sp³-hybridized carbons (Fsp3) is 0.571. The molecule has 1 aliphatic carbocycles. The number of hydrogen-bond acceptors (Lipinski definition) is 2. The number of hydrogen-bond donors (Lipinski definition) is 1. The van der Waals surface area contributed by atoms with Crippen molar-refractivity contribution in [1.82, 2.24) is 5.32 Å². The van der Waals surface area contributed by atoms with Crippen molar-refractivity contribution in [3.05, 3.63) is 27.7 Å². The molecule has 2 nitrogen and oxygen atoms in total. The lowest BCUT2D eigenvalue weighted by atomic mass is 10.2. The van der Waals surface area contributed by atoms with Gasteiger partial charge in [-0.05, 0) is 57.4 Å². The predicted octanol–water partition coefficient (Wildman–Crippen LogP) is 4.40. The van der Waals surface area contributed by atoms with Gasteiger partial charge in [-0.25, -0.2) is 0 Å². The van der Waals surface area contributed by atoms with Gasteiger partial charge in [0.1, 0.15) is 5.75 Å². The maximum atomic E-state index is 6.09. The molecule has 0 aliphatic heterocycles. The second kappa shape index (κ2) is 6.78. The molecule has 0 bridgehead atoms. The molecule has 0 amide bonds. The molecule has 4 heteroatoms. The smallest absolute Gasteiger partial charge is 0.139 e. The highest BCUT2D eigenvalue weighted by Gasteiger charge is 2.19. The lowest BCUT2D eigenvalue weighted by Crippen LogP contribution is -2.20. The zero-order valence-electron chi connectivity index (χ0n) is 10.6. The van der Waals surface area contributed by atoms with Crippen molar-refractivity contribution < 1.29 is 4.74 Å². The van der Waals surface area contributed by atoms with Crippen LogP contribution in [0.2, 0.25) is 5.02 Å². The molecule has 18 heavy (non-hydrogen) atoms. The van der Waals surface area contributed by atoms with E-state index in [1.165, 1.54) is 12.8 Å². The summed E-state index contributed by atoms with van der Waals surface area (Å²) in [5.74, 6) is 0.758. The summed E-state index contributed by atoms with van der Waals surface area (Å²) in [5, 5.41) is 4.17. The van der Waals surface area contributed by atoms with E-state index in [9.17, 15) is 0 Å². The lowest BCUT2D eigenvalue weighted by molar-refractivity contribution is 0.207. The van der Waals surface area contributed by atoms with Gasteiger partial charge < -0.3 is 10.1 Å². The van der Waals surface area contributed by atoms with Crippen molar-refractivity contribution in [2.75, 3.05) is 6.54 Å². The minimum atomic E-state index is 0.192. The topological polar surface area (TPSA) is 21.3 Å². The van der Waals surface area contributed by atoms with E-state index in [1.807, 2.05) is 18.2 Å². The molecule has 1 aliphatic rings. The van der Waals surface area contributed by atoms with Crippen molar-refractivity contribution in [1.29, 1.82) is 0 Å². The number of benzene rings is 1. The van der Waals surface area contributed by atoms with Crippen LogP contribution in [0.3, 0.4) is 0 Å². The van der Waals surface area contributed by atoms with Gasteiger partial charge in [-0.2, -0.15) is 0 Å². The van der Waals surface area contributed by atoms with Gasteiger partial charge in [0.05, 0.1) is 11.1 Å². The van der Waals surface area contributed by atoms with Gasteiger partial charge in [-0.3, -0.25) is 0 Å². The van der Waals surface area contributed by atoms with E-state index in [0.717, 1.165) is 35.7 Å². The number of nitrogens with one attached hydrogen (secondary N) is 1. The van der Waals surface area contributed by atoms with Crippen LogP contribution in [-0.4, -0.2) is 18.7 Å². The molecule has 0 heterocycles. The molecule has 0 spiro atoms. The molecule has 0 radical (unpaired) electrons. The molecular formula is C14H19BrClNO. The highest BCUT2D eigenvalue weighted by Crippen LogP contribution is 2.29. The first-order chi connectivity index (χ1) is 8.65. The van der Waals surface area contributed by atoms with Crippen LogP contribution in [0.4, 0.5) is 0 Å². The largest absolute Gasteiger partial charge is 0.489 e. The van der Waals surface area contributed by atoms with Gasteiger partial charge in [0, 0.05) is 10.5 Å². The highest BCUT2D eigenvalue weighted by molar-refractivity contribution is 9.10. The molecule has 2 rings (SSSR count). The van der Waals surface area contributed by atoms with E-state index in [-0.39, 0.29) is 6.10 Å². The number of rotatable bonds is 7. The Hall–Kier alpha value is -0.250. The fourth-order valence-electron chi connectivity index (χ4n) is 1.83. The van der Waals surface area contributed by atoms with Gasteiger partial charge in [0.2, 0.25) is 0 Å². The van der Waals surface area contributed by atoms with Gasteiger partial charge in [0.25, 0.3) is 0 Å². The normalized spacial score (nSPS) is 16.6. The lowest BCUT2D eigenvalue weighted by Gasteiger charge is -2.16. The monoisotopic (exact) mass is 331 g/mol. The summed E-state index contributed by atoms with van der Waals surface area (Å²) < 4.78 is 6.85. The second-order valence-electron chi connectivity index (χ2n) is 4.87. The summed E-state index contributed by atoms with van der Waals surface area (Å²) >= 11 is 9.52. The third-order valence-corrected chi connectivity index (χ3v) is 3.82. The Morgan fingerprint density at radius 2 is 2.28 bits per heavy atom. The van der Waals surface area contributed by atoms with Crippen LogP contribution in [-0.2, 0) is 0 Å². The summed E-state index contributed by atoms with van der Waals surface area (Å²) in [6.45, 7) is 3.18. The Bertz CT molecular complexity index is 395. The molecule has 1 N–H and O–H groups in total. The van der Waals surface area contributed by atoms with Crippen LogP contribution in [0.25, 0.3) is 0 Å². The molecule has 1 unspecified atom stereocenters. The van der Waals surface area contributed by atoms with E-state index in [1.54, 1.807) is 0 Å². The van der Waals surface area contributed by atoms with E-state index >= 15 is 0 Å². The van der Waals surface area contributed by atoms with Crippen LogP contribution in [0.1, 0.15) is 32.6 Å². The Morgan fingerprint density at radius 3 is 3.00 bits per heavy atom. The van der Waals surface area contributed by atoms with Crippen LogP contribution < -0.4 is 10.1 Å². The summed E-state index contributed by atoms with van der Waals surface area (Å²) in [4.78, 5) is 0. The first-order valence-electron chi connectivity index (χ1n) is 6.50. The number of halogens is 2. The maximum absolute atomic E-state index is 6.09. The Labute approximate surface area is 122 Å². The number of ether oxygens (including phenoxy) is 1. The quantitative estimate of drug-likeness (QED) is 0.747. The molecule has 1 aromatic carbocycles. The predicted molar refractivity (Wildman–Crippen MR) is 79.5 cm³/mol. The second-order valence-corrected chi connectivity index (χ2v) is 6.20.